The van der Waals surface area contributed by atoms with Crippen molar-refractivity contribution in [1.82, 2.24) is 10.6 Å². The number of ether oxygens (including phenoxy) is 2. The average molecular weight is 584 g/mol. The highest BCUT2D eigenvalue weighted by atomic mass is 35.5. The van der Waals surface area contributed by atoms with Crippen LogP contribution in [0.25, 0.3) is 0 Å². The van der Waals surface area contributed by atoms with Gasteiger partial charge in [0.15, 0.2) is 0 Å². The molecular formula is C30H38ClN5O5. The van der Waals surface area contributed by atoms with E-state index in [1.165, 1.54) is 4.90 Å². The molecule has 0 aliphatic heterocycles. The monoisotopic (exact) mass is 583 g/mol. The van der Waals surface area contributed by atoms with Gasteiger partial charge in [-0.3, -0.25) is 20.4 Å². The predicted molar refractivity (Wildman–Crippen MR) is 162 cm³/mol. The third-order valence-electron chi connectivity index (χ3n) is 5.37. The molecule has 10 nitrogen and oxygen atoms in total. The van der Waals surface area contributed by atoms with Crippen molar-refractivity contribution in [1.29, 1.82) is 5.41 Å². The van der Waals surface area contributed by atoms with E-state index < -0.39 is 23.7 Å². The van der Waals surface area contributed by atoms with Gasteiger partial charge in [0.05, 0.1) is 23.9 Å². The third kappa shape index (κ3) is 10.7. The molecule has 220 valence electrons. The molecule has 0 aromatic heterocycles. The number of anilines is 2. The number of rotatable bonds is 8. The van der Waals surface area contributed by atoms with Crippen LogP contribution in [0.3, 0.4) is 0 Å². The number of carbonyl (C=O) groups excluding carboxylic acids is 3. The molecular weight excluding hydrogens is 546 g/mol. The Morgan fingerprint density at radius 3 is 2.37 bits per heavy atom. The molecule has 2 aromatic carbocycles. The maximum absolute atomic E-state index is 12.8. The van der Waals surface area contributed by atoms with Crippen molar-refractivity contribution in [3.63, 3.8) is 0 Å². The van der Waals surface area contributed by atoms with E-state index in [1.54, 1.807) is 58.0 Å². The van der Waals surface area contributed by atoms with Gasteiger partial charge in [-0.2, -0.15) is 0 Å². The standard InChI is InChI=1S/C30H38ClN5O5/c1-8-40-26(37)18-34-28(38)36(19(2)3)25-17-24(31)22(16-20(25)4)10-9-15-33-23-13-11-21(12-14-23)27(32)35-29(39)41-30(5,6)7/h11-14,16-17,19,33H,8,15,18H2,1-7H3,(H,34,38)(H2,32,35,39). The van der Waals surface area contributed by atoms with Crippen molar-refractivity contribution in [3.05, 3.63) is 58.1 Å². The number of alkyl carbamates (subject to hydrolysis) is 1. The molecule has 0 unspecified atom stereocenters. The molecule has 0 fully saturated rings. The van der Waals surface area contributed by atoms with Gasteiger partial charge in [-0.15, -0.1) is 0 Å². The van der Waals surface area contributed by atoms with E-state index in [0.29, 0.717) is 28.4 Å². The summed E-state index contributed by atoms with van der Waals surface area (Å²) >= 11 is 6.52. The number of amides is 3. The number of hydrogen-bond acceptors (Lipinski definition) is 7. The Hall–Kier alpha value is -4.23. The van der Waals surface area contributed by atoms with Gasteiger partial charge in [-0.25, -0.2) is 9.59 Å². The molecule has 3 amide bonds. The van der Waals surface area contributed by atoms with Crippen molar-refractivity contribution in [2.75, 3.05) is 29.9 Å². The lowest BCUT2D eigenvalue weighted by Gasteiger charge is -2.28. The summed E-state index contributed by atoms with van der Waals surface area (Å²) in [6, 6.07) is 9.85. The number of benzene rings is 2. The van der Waals surface area contributed by atoms with Gasteiger partial charge in [0.25, 0.3) is 0 Å². The second kappa shape index (κ2) is 15.0. The molecule has 0 atom stereocenters. The summed E-state index contributed by atoms with van der Waals surface area (Å²) in [6.45, 7) is 12.9. The van der Waals surface area contributed by atoms with E-state index in [0.717, 1.165) is 11.3 Å². The maximum atomic E-state index is 12.8. The number of nitrogens with zero attached hydrogens (tertiary/aromatic N) is 1. The lowest BCUT2D eigenvalue weighted by atomic mass is 10.1. The van der Waals surface area contributed by atoms with Crippen LogP contribution in [0.2, 0.25) is 5.02 Å². The molecule has 41 heavy (non-hydrogen) atoms. The van der Waals surface area contributed by atoms with Gasteiger partial charge in [0.2, 0.25) is 0 Å². The topological polar surface area (TPSA) is 133 Å². The number of halogens is 1. The van der Waals surface area contributed by atoms with Crippen molar-refractivity contribution in [3.8, 4) is 11.8 Å². The van der Waals surface area contributed by atoms with Crippen LogP contribution < -0.4 is 20.9 Å². The normalized spacial score (nSPS) is 10.7. The van der Waals surface area contributed by atoms with Gasteiger partial charge in [-0.05, 0) is 90.4 Å². The number of nitrogens with one attached hydrogen (secondary N) is 4. The lowest BCUT2D eigenvalue weighted by Crippen LogP contribution is -2.46. The first-order chi connectivity index (χ1) is 19.2. The van der Waals surface area contributed by atoms with Crippen LogP contribution in [0.5, 0.6) is 0 Å². The minimum Gasteiger partial charge on any atom is -0.465 e. The number of aryl methyl sites for hydroxylation is 1. The van der Waals surface area contributed by atoms with Crippen LogP contribution in [0, 0.1) is 24.2 Å². The lowest BCUT2D eigenvalue weighted by molar-refractivity contribution is -0.141. The van der Waals surface area contributed by atoms with Gasteiger partial charge in [-0.1, -0.05) is 23.4 Å². The SMILES string of the molecule is CCOC(=O)CNC(=O)N(c1cc(Cl)c(C#CCNc2ccc(C(=N)NC(=O)OC(C)(C)C)cc2)cc1C)C(C)C. The number of esters is 1. The molecule has 0 aliphatic rings. The quantitative estimate of drug-likeness (QED) is 0.141. The molecule has 0 heterocycles. The van der Waals surface area contributed by atoms with Gasteiger partial charge in [0, 0.05) is 22.9 Å². The summed E-state index contributed by atoms with van der Waals surface area (Å²) in [6.07, 6.45) is -0.684. The smallest absolute Gasteiger partial charge is 0.413 e. The fraction of sp³-hybridized carbons (Fsp3) is 0.400. The molecule has 0 spiro atoms. The summed E-state index contributed by atoms with van der Waals surface area (Å²) in [7, 11) is 0. The van der Waals surface area contributed by atoms with Crippen molar-refractivity contribution >= 4 is 46.9 Å². The predicted octanol–water partition coefficient (Wildman–Crippen LogP) is 5.45. The highest BCUT2D eigenvalue weighted by Gasteiger charge is 2.22. The van der Waals surface area contributed by atoms with Gasteiger partial charge in [0.1, 0.15) is 18.0 Å². The van der Waals surface area contributed by atoms with Crippen molar-refractivity contribution in [2.24, 2.45) is 0 Å². The zero-order valence-electron chi connectivity index (χ0n) is 24.5. The Labute approximate surface area is 246 Å². The summed E-state index contributed by atoms with van der Waals surface area (Å²) in [5.74, 6) is 5.52. The Morgan fingerprint density at radius 1 is 1.12 bits per heavy atom. The molecule has 2 aromatic rings. The zero-order valence-corrected chi connectivity index (χ0v) is 25.3. The van der Waals surface area contributed by atoms with Gasteiger partial charge < -0.3 is 20.1 Å². The van der Waals surface area contributed by atoms with Crippen LogP contribution >= 0.6 is 11.6 Å². The molecule has 0 saturated heterocycles. The van der Waals surface area contributed by atoms with E-state index in [2.05, 4.69) is 27.8 Å². The fourth-order valence-corrected chi connectivity index (χ4v) is 3.82. The minimum absolute atomic E-state index is 0.0634. The zero-order chi connectivity index (χ0) is 30.7. The number of hydrogen-bond donors (Lipinski definition) is 4. The molecule has 11 heteroatoms. The second-order valence-corrected chi connectivity index (χ2v) is 10.7. The minimum atomic E-state index is -0.684. The first kappa shape index (κ1) is 33.0. The van der Waals surface area contributed by atoms with E-state index in [4.69, 9.17) is 26.5 Å². The van der Waals surface area contributed by atoms with Crippen LogP contribution in [-0.2, 0) is 14.3 Å². The van der Waals surface area contributed by atoms with Crippen LogP contribution in [0.15, 0.2) is 36.4 Å². The maximum Gasteiger partial charge on any atom is 0.413 e. The number of amidine groups is 1. The average Bonchev–Trinajstić information content (AvgIpc) is 2.87. The van der Waals surface area contributed by atoms with Crippen LogP contribution in [-0.4, -0.2) is 55.3 Å². The number of carbonyl (C=O) groups is 3. The Balaban J connectivity index is 2.03. The molecule has 0 bridgehead atoms. The molecule has 0 radical (unpaired) electrons. The van der Waals surface area contributed by atoms with Crippen molar-refractivity contribution < 1.29 is 23.9 Å². The van der Waals surface area contributed by atoms with E-state index in [-0.39, 0.29) is 25.0 Å². The largest absolute Gasteiger partial charge is 0.465 e. The highest BCUT2D eigenvalue weighted by Crippen LogP contribution is 2.29. The second-order valence-electron chi connectivity index (χ2n) is 10.3. The van der Waals surface area contributed by atoms with E-state index >= 15 is 0 Å². The summed E-state index contributed by atoms with van der Waals surface area (Å²) in [4.78, 5) is 37.9. The summed E-state index contributed by atoms with van der Waals surface area (Å²) in [5.41, 5.74) is 2.68. The molecule has 0 aliphatic carbocycles. The first-order valence-electron chi connectivity index (χ1n) is 13.2. The highest BCUT2D eigenvalue weighted by molar-refractivity contribution is 6.32. The molecule has 2 rings (SSSR count). The Kier molecular flexibility index (Phi) is 12.0. The number of urea groups is 1. The Bertz CT molecular complexity index is 1320. The third-order valence-corrected chi connectivity index (χ3v) is 5.69. The Morgan fingerprint density at radius 2 is 1.78 bits per heavy atom. The summed E-state index contributed by atoms with van der Waals surface area (Å²) < 4.78 is 10.0. The summed E-state index contributed by atoms with van der Waals surface area (Å²) in [5, 5.41) is 16.6. The van der Waals surface area contributed by atoms with Crippen LogP contribution in [0.4, 0.5) is 21.0 Å². The molecule has 4 N–H and O–H groups in total. The van der Waals surface area contributed by atoms with E-state index in [9.17, 15) is 14.4 Å². The van der Waals surface area contributed by atoms with E-state index in [1.807, 2.05) is 26.8 Å². The van der Waals surface area contributed by atoms with Crippen LogP contribution in [0.1, 0.15) is 58.2 Å². The van der Waals surface area contributed by atoms with Gasteiger partial charge >= 0.3 is 18.1 Å². The molecule has 0 saturated carbocycles. The van der Waals surface area contributed by atoms with Crippen molar-refractivity contribution in [2.45, 2.75) is 60.1 Å². The fourth-order valence-electron chi connectivity index (χ4n) is 3.61. The first-order valence-corrected chi connectivity index (χ1v) is 13.5.